The van der Waals surface area contributed by atoms with E-state index >= 15 is 0 Å². The Hall–Kier alpha value is -1.27. The first kappa shape index (κ1) is 15.1. The van der Waals surface area contributed by atoms with Crippen molar-refractivity contribution in [2.24, 2.45) is 0 Å². The van der Waals surface area contributed by atoms with Crippen molar-refractivity contribution in [3.8, 4) is 0 Å². The topological polar surface area (TPSA) is 55.6 Å². The van der Waals surface area contributed by atoms with Crippen molar-refractivity contribution in [1.82, 2.24) is 25.1 Å². The summed E-state index contributed by atoms with van der Waals surface area (Å²) in [6, 6.07) is 0.602. The van der Waals surface area contributed by atoms with Gasteiger partial charge in [0.15, 0.2) is 0 Å². The molecule has 1 N–H and O–H groups in total. The molecule has 0 spiro atoms. The Balaban J connectivity index is 2.17. The molecule has 0 bridgehead atoms. The first-order valence-electron chi connectivity index (χ1n) is 7.16. The Morgan fingerprint density at radius 1 is 1.35 bits per heavy atom. The maximum absolute atomic E-state index is 4.41. The maximum atomic E-state index is 4.41. The molecule has 1 atom stereocenters. The molecule has 2 aromatic rings. The molecule has 20 heavy (non-hydrogen) atoms. The lowest BCUT2D eigenvalue weighted by Gasteiger charge is -2.17. The van der Waals surface area contributed by atoms with Crippen molar-refractivity contribution in [3.05, 3.63) is 28.2 Å². The molecule has 0 fully saturated rings. The van der Waals surface area contributed by atoms with E-state index in [0.29, 0.717) is 6.04 Å². The lowest BCUT2D eigenvalue weighted by molar-refractivity contribution is 0.466. The van der Waals surface area contributed by atoms with Crippen LogP contribution in [0.2, 0.25) is 0 Å². The van der Waals surface area contributed by atoms with Crippen LogP contribution in [0, 0.1) is 6.92 Å². The minimum Gasteiger partial charge on any atom is -0.309 e. The molecule has 0 amide bonds. The number of aromatic nitrogens is 4. The minimum atomic E-state index is 0.267. The smallest absolute Gasteiger partial charge is 0.138 e. The number of hydrogen-bond acceptors (Lipinski definition) is 5. The van der Waals surface area contributed by atoms with Crippen LogP contribution in [0.5, 0.6) is 0 Å². The first-order chi connectivity index (χ1) is 9.61. The highest BCUT2D eigenvalue weighted by Crippen LogP contribution is 2.24. The van der Waals surface area contributed by atoms with Gasteiger partial charge in [-0.1, -0.05) is 6.92 Å². The molecule has 0 saturated carbocycles. The van der Waals surface area contributed by atoms with Gasteiger partial charge in [0.2, 0.25) is 0 Å². The summed E-state index contributed by atoms with van der Waals surface area (Å²) in [6.45, 7) is 9.48. The van der Waals surface area contributed by atoms with Gasteiger partial charge in [0, 0.05) is 23.5 Å². The fraction of sp³-hybridized carbons (Fsp3) is 0.643. The Morgan fingerprint density at radius 3 is 2.75 bits per heavy atom. The number of aryl methyl sites for hydroxylation is 1. The van der Waals surface area contributed by atoms with E-state index in [-0.39, 0.29) is 6.04 Å². The van der Waals surface area contributed by atoms with Gasteiger partial charge in [0.1, 0.15) is 12.2 Å². The fourth-order valence-electron chi connectivity index (χ4n) is 2.16. The third-order valence-electron chi connectivity index (χ3n) is 3.15. The van der Waals surface area contributed by atoms with Crippen molar-refractivity contribution < 1.29 is 0 Å². The number of thiazole rings is 1. The van der Waals surface area contributed by atoms with Crippen molar-refractivity contribution >= 4 is 11.3 Å². The zero-order valence-corrected chi connectivity index (χ0v) is 13.4. The van der Waals surface area contributed by atoms with Crippen molar-refractivity contribution in [3.63, 3.8) is 0 Å². The highest BCUT2D eigenvalue weighted by atomic mass is 32.1. The zero-order chi connectivity index (χ0) is 14.5. The van der Waals surface area contributed by atoms with Crippen LogP contribution in [-0.4, -0.2) is 26.3 Å². The van der Waals surface area contributed by atoms with Crippen molar-refractivity contribution in [2.45, 2.75) is 52.6 Å². The van der Waals surface area contributed by atoms with Crippen LogP contribution < -0.4 is 5.32 Å². The van der Waals surface area contributed by atoms with E-state index in [9.17, 15) is 0 Å². The second kappa shape index (κ2) is 6.95. The zero-order valence-electron chi connectivity index (χ0n) is 12.6. The van der Waals surface area contributed by atoms with E-state index in [0.717, 1.165) is 30.2 Å². The number of nitrogens with one attached hydrogen (secondary N) is 1. The van der Waals surface area contributed by atoms with Crippen molar-refractivity contribution in [1.29, 1.82) is 0 Å². The predicted molar refractivity (Wildman–Crippen MR) is 82.0 cm³/mol. The largest absolute Gasteiger partial charge is 0.309 e. The molecular formula is C14H23N5S. The van der Waals surface area contributed by atoms with Crippen LogP contribution in [-0.2, 0) is 6.42 Å². The fourth-order valence-corrected chi connectivity index (χ4v) is 3.03. The standard InChI is InChI=1S/C14H23N5S/c1-5-6-15-12(13-8-16-11(4)20-13)7-14-17-9-18-19(14)10(2)3/h8-10,12,15H,5-7H2,1-4H3. The van der Waals surface area contributed by atoms with Gasteiger partial charge in [-0.15, -0.1) is 11.3 Å². The van der Waals surface area contributed by atoms with Crippen LogP contribution in [0.25, 0.3) is 0 Å². The molecule has 0 aliphatic carbocycles. The molecule has 5 nitrogen and oxygen atoms in total. The Labute approximate surface area is 124 Å². The summed E-state index contributed by atoms with van der Waals surface area (Å²) < 4.78 is 1.99. The summed E-state index contributed by atoms with van der Waals surface area (Å²) >= 11 is 1.75. The number of rotatable bonds is 7. The van der Waals surface area contributed by atoms with Crippen LogP contribution >= 0.6 is 11.3 Å². The lowest BCUT2D eigenvalue weighted by atomic mass is 10.1. The van der Waals surface area contributed by atoms with Crippen LogP contribution in [0.3, 0.4) is 0 Å². The van der Waals surface area contributed by atoms with Gasteiger partial charge in [-0.2, -0.15) is 5.10 Å². The van der Waals surface area contributed by atoms with Gasteiger partial charge < -0.3 is 5.32 Å². The molecule has 2 aromatic heterocycles. The van der Waals surface area contributed by atoms with Gasteiger partial charge in [-0.3, -0.25) is 0 Å². The minimum absolute atomic E-state index is 0.267. The van der Waals surface area contributed by atoms with Gasteiger partial charge in [-0.25, -0.2) is 14.6 Å². The second-order valence-electron chi connectivity index (χ2n) is 5.21. The average Bonchev–Trinajstić information content (AvgIpc) is 3.03. The second-order valence-corrected chi connectivity index (χ2v) is 6.47. The number of hydrogen-bond donors (Lipinski definition) is 1. The SMILES string of the molecule is CCCNC(Cc1ncnn1C(C)C)c1cnc(C)s1. The molecule has 2 heterocycles. The molecular weight excluding hydrogens is 270 g/mol. The average molecular weight is 293 g/mol. The summed E-state index contributed by atoms with van der Waals surface area (Å²) in [5.74, 6) is 1.03. The van der Waals surface area contributed by atoms with Gasteiger partial charge in [0.25, 0.3) is 0 Å². The van der Waals surface area contributed by atoms with E-state index < -0.39 is 0 Å². The predicted octanol–water partition coefficient (Wildman–Crippen LogP) is 2.91. The van der Waals surface area contributed by atoms with E-state index in [1.54, 1.807) is 17.7 Å². The monoisotopic (exact) mass is 293 g/mol. The third kappa shape index (κ3) is 3.64. The molecule has 0 aliphatic heterocycles. The summed E-state index contributed by atoms with van der Waals surface area (Å²) in [4.78, 5) is 10.1. The first-order valence-corrected chi connectivity index (χ1v) is 7.97. The summed E-state index contributed by atoms with van der Waals surface area (Å²) in [6.07, 6.45) is 5.58. The van der Waals surface area contributed by atoms with Crippen molar-refractivity contribution in [2.75, 3.05) is 6.54 Å². The molecule has 1 unspecified atom stereocenters. The van der Waals surface area contributed by atoms with Gasteiger partial charge >= 0.3 is 0 Å². The molecule has 0 radical (unpaired) electrons. The highest BCUT2D eigenvalue weighted by Gasteiger charge is 2.18. The van der Waals surface area contributed by atoms with Gasteiger partial charge in [-0.05, 0) is 33.7 Å². The van der Waals surface area contributed by atoms with E-state index in [4.69, 9.17) is 0 Å². The third-order valence-corrected chi connectivity index (χ3v) is 4.17. The quantitative estimate of drug-likeness (QED) is 0.853. The Kier molecular flexibility index (Phi) is 5.25. The summed E-state index contributed by atoms with van der Waals surface area (Å²) in [5.41, 5.74) is 0. The normalized spacial score (nSPS) is 13.1. The van der Waals surface area contributed by atoms with Crippen LogP contribution in [0.4, 0.5) is 0 Å². The summed E-state index contributed by atoms with van der Waals surface area (Å²) in [7, 11) is 0. The Bertz CT molecular complexity index is 531. The van der Waals surface area contributed by atoms with Crippen LogP contribution in [0.15, 0.2) is 12.5 Å². The molecule has 6 heteroatoms. The highest BCUT2D eigenvalue weighted by molar-refractivity contribution is 7.11. The van der Waals surface area contributed by atoms with E-state index in [1.807, 2.05) is 17.8 Å². The molecule has 0 aromatic carbocycles. The molecule has 0 aliphatic rings. The Morgan fingerprint density at radius 2 is 2.15 bits per heavy atom. The molecule has 2 rings (SSSR count). The van der Waals surface area contributed by atoms with Gasteiger partial charge in [0.05, 0.1) is 11.0 Å². The number of nitrogens with zero attached hydrogens (tertiary/aromatic N) is 4. The lowest BCUT2D eigenvalue weighted by Crippen LogP contribution is -2.25. The summed E-state index contributed by atoms with van der Waals surface area (Å²) in [5, 5.41) is 9.01. The molecule has 0 saturated heterocycles. The maximum Gasteiger partial charge on any atom is 0.138 e. The van der Waals surface area contributed by atoms with E-state index in [1.165, 1.54) is 4.88 Å². The van der Waals surface area contributed by atoms with E-state index in [2.05, 4.69) is 41.2 Å². The molecule has 110 valence electrons. The van der Waals surface area contributed by atoms with Crippen LogP contribution in [0.1, 0.15) is 55.0 Å².